The van der Waals surface area contributed by atoms with Gasteiger partial charge in [0, 0.05) is 5.02 Å². The topological polar surface area (TPSA) is 46.9 Å². The second-order valence-corrected chi connectivity index (χ2v) is 6.47. The van der Waals surface area contributed by atoms with Gasteiger partial charge in [-0.25, -0.2) is 4.68 Å². The Balaban J connectivity index is 1.85. The van der Waals surface area contributed by atoms with Crippen LogP contribution in [0.4, 0.5) is 0 Å². The number of nitrogens with zero attached hydrogens (tertiary/aromatic N) is 2. The third-order valence-corrected chi connectivity index (χ3v) is 4.66. The van der Waals surface area contributed by atoms with Gasteiger partial charge in [-0.15, -0.1) is 0 Å². The van der Waals surface area contributed by atoms with Crippen molar-refractivity contribution in [3.8, 4) is 5.69 Å². The lowest BCUT2D eigenvalue weighted by Crippen LogP contribution is -2.27. The fourth-order valence-corrected chi connectivity index (χ4v) is 3.15. The number of halogens is 1. The summed E-state index contributed by atoms with van der Waals surface area (Å²) in [4.78, 5) is 12.7. The minimum Gasteiger partial charge on any atom is -0.345 e. The van der Waals surface area contributed by atoms with E-state index in [0.717, 1.165) is 22.5 Å². The molecule has 0 aliphatic rings. The predicted molar refractivity (Wildman–Crippen MR) is 100 cm³/mol. The molecule has 1 amide bonds. The molecule has 2 aromatic carbocycles. The molecule has 0 fully saturated rings. The van der Waals surface area contributed by atoms with Crippen LogP contribution < -0.4 is 5.32 Å². The SMILES string of the molecule is Cc1ccccc1-n1ncc(C(=O)NC(C)c2ccccc2Cl)c1C. The number of para-hydroxylation sites is 1. The summed E-state index contributed by atoms with van der Waals surface area (Å²) in [6, 6.07) is 15.3. The number of carbonyl (C=O) groups is 1. The second-order valence-electron chi connectivity index (χ2n) is 6.06. The van der Waals surface area contributed by atoms with E-state index in [0.29, 0.717) is 10.6 Å². The molecule has 5 heteroatoms. The molecular formula is C20H20ClN3O. The van der Waals surface area contributed by atoms with Crippen LogP contribution in [0.1, 0.15) is 40.1 Å². The van der Waals surface area contributed by atoms with Gasteiger partial charge in [-0.1, -0.05) is 48.0 Å². The Morgan fingerprint density at radius 2 is 1.80 bits per heavy atom. The minimum absolute atomic E-state index is 0.162. The van der Waals surface area contributed by atoms with Gasteiger partial charge in [0.05, 0.1) is 29.2 Å². The van der Waals surface area contributed by atoms with Gasteiger partial charge in [-0.05, 0) is 44.0 Å². The van der Waals surface area contributed by atoms with E-state index in [9.17, 15) is 4.79 Å². The van der Waals surface area contributed by atoms with Gasteiger partial charge in [0.15, 0.2) is 0 Å². The lowest BCUT2D eigenvalue weighted by Gasteiger charge is -2.15. The molecule has 0 saturated carbocycles. The van der Waals surface area contributed by atoms with E-state index in [1.165, 1.54) is 0 Å². The lowest BCUT2D eigenvalue weighted by atomic mass is 10.1. The molecule has 1 atom stereocenters. The summed E-state index contributed by atoms with van der Waals surface area (Å²) in [5.41, 5.74) is 4.32. The molecule has 0 bridgehead atoms. The van der Waals surface area contributed by atoms with Gasteiger partial charge in [0.2, 0.25) is 0 Å². The van der Waals surface area contributed by atoms with Gasteiger partial charge in [0.25, 0.3) is 5.91 Å². The standard InChI is InChI=1S/C20H20ClN3O/c1-13-8-4-7-11-19(13)24-15(3)17(12-22-24)20(25)23-14(2)16-9-5-6-10-18(16)21/h4-12,14H,1-3H3,(H,23,25). The Labute approximate surface area is 152 Å². The summed E-state index contributed by atoms with van der Waals surface area (Å²) in [5.74, 6) is -0.162. The number of amides is 1. The zero-order valence-corrected chi connectivity index (χ0v) is 15.2. The van der Waals surface area contributed by atoms with E-state index in [1.54, 1.807) is 10.9 Å². The van der Waals surface area contributed by atoms with Crippen molar-refractivity contribution in [1.29, 1.82) is 0 Å². The predicted octanol–water partition coefficient (Wildman–Crippen LogP) is 4.63. The summed E-state index contributed by atoms with van der Waals surface area (Å²) in [7, 11) is 0. The first-order valence-electron chi connectivity index (χ1n) is 8.15. The summed E-state index contributed by atoms with van der Waals surface area (Å²) in [6.07, 6.45) is 1.61. The Hall–Kier alpha value is -2.59. The molecule has 0 saturated heterocycles. The Morgan fingerprint density at radius 3 is 2.52 bits per heavy atom. The molecule has 1 unspecified atom stereocenters. The van der Waals surface area contributed by atoms with E-state index in [-0.39, 0.29) is 11.9 Å². The van der Waals surface area contributed by atoms with Crippen molar-refractivity contribution in [2.75, 3.05) is 0 Å². The molecular weight excluding hydrogens is 334 g/mol. The number of benzene rings is 2. The Kier molecular flexibility index (Phi) is 4.91. The van der Waals surface area contributed by atoms with Crippen molar-refractivity contribution < 1.29 is 4.79 Å². The number of nitrogens with one attached hydrogen (secondary N) is 1. The van der Waals surface area contributed by atoms with Crippen LogP contribution in [0.2, 0.25) is 5.02 Å². The van der Waals surface area contributed by atoms with Crippen molar-refractivity contribution in [2.24, 2.45) is 0 Å². The van der Waals surface area contributed by atoms with Crippen molar-refractivity contribution in [3.63, 3.8) is 0 Å². The van der Waals surface area contributed by atoms with Crippen LogP contribution >= 0.6 is 11.6 Å². The zero-order chi connectivity index (χ0) is 18.0. The minimum atomic E-state index is -0.192. The number of carbonyl (C=O) groups excluding carboxylic acids is 1. The molecule has 0 spiro atoms. The van der Waals surface area contributed by atoms with Gasteiger partial charge < -0.3 is 5.32 Å². The molecule has 1 aromatic heterocycles. The van der Waals surface area contributed by atoms with E-state index in [2.05, 4.69) is 10.4 Å². The normalized spacial score (nSPS) is 12.0. The largest absolute Gasteiger partial charge is 0.345 e. The summed E-state index contributed by atoms with van der Waals surface area (Å²) in [5, 5.41) is 8.03. The third kappa shape index (κ3) is 3.44. The fourth-order valence-electron chi connectivity index (χ4n) is 2.85. The second kappa shape index (κ2) is 7.11. The van der Waals surface area contributed by atoms with Gasteiger partial charge in [-0.3, -0.25) is 4.79 Å². The monoisotopic (exact) mass is 353 g/mol. The molecule has 0 radical (unpaired) electrons. The first-order chi connectivity index (χ1) is 12.0. The van der Waals surface area contributed by atoms with E-state index in [1.807, 2.05) is 69.3 Å². The van der Waals surface area contributed by atoms with Crippen LogP contribution in [0, 0.1) is 13.8 Å². The highest BCUT2D eigenvalue weighted by atomic mass is 35.5. The highest BCUT2D eigenvalue weighted by Gasteiger charge is 2.19. The van der Waals surface area contributed by atoms with Crippen molar-refractivity contribution in [2.45, 2.75) is 26.8 Å². The number of aromatic nitrogens is 2. The van der Waals surface area contributed by atoms with Gasteiger partial charge >= 0.3 is 0 Å². The zero-order valence-electron chi connectivity index (χ0n) is 14.5. The summed E-state index contributed by atoms with van der Waals surface area (Å²) >= 11 is 6.21. The molecule has 3 rings (SSSR count). The quantitative estimate of drug-likeness (QED) is 0.743. The van der Waals surface area contributed by atoms with Crippen LogP contribution in [0.3, 0.4) is 0 Å². The van der Waals surface area contributed by atoms with Gasteiger partial charge in [0.1, 0.15) is 0 Å². The molecule has 25 heavy (non-hydrogen) atoms. The lowest BCUT2D eigenvalue weighted by molar-refractivity contribution is 0.0939. The first kappa shape index (κ1) is 17.2. The maximum atomic E-state index is 12.7. The fraction of sp³-hybridized carbons (Fsp3) is 0.200. The Morgan fingerprint density at radius 1 is 1.12 bits per heavy atom. The van der Waals surface area contributed by atoms with Crippen molar-refractivity contribution in [3.05, 3.63) is 82.1 Å². The highest BCUT2D eigenvalue weighted by molar-refractivity contribution is 6.31. The average molecular weight is 354 g/mol. The molecule has 0 aliphatic heterocycles. The average Bonchev–Trinajstić information content (AvgIpc) is 2.97. The maximum absolute atomic E-state index is 12.7. The van der Waals surface area contributed by atoms with Crippen LogP contribution in [0.15, 0.2) is 54.7 Å². The highest BCUT2D eigenvalue weighted by Crippen LogP contribution is 2.23. The summed E-state index contributed by atoms with van der Waals surface area (Å²) in [6.45, 7) is 5.84. The maximum Gasteiger partial charge on any atom is 0.255 e. The smallest absolute Gasteiger partial charge is 0.255 e. The van der Waals surface area contributed by atoms with E-state index < -0.39 is 0 Å². The molecule has 128 valence electrons. The van der Waals surface area contributed by atoms with E-state index >= 15 is 0 Å². The molecule has 4 nitrogen and oxygen atoms in total. The molecule has 0 aliphatic carbocycles. The van der Waals surface area contributed by atoms with Crippen molar-refractivity contribution >= 4 is 17.5 Å². The number of hydrogen-bond donors (Lipinski definition) is 1. The molecule has 3 aromatic rings. The summed E-state index contributed by atoms with van der Waals surface area (Å²) < 4.78 is 1.80. The van der Waals surface area contributed by atoms with Crippen LogP contribution in [-0.2, 0) is 0 Å². The first-order valence-corrected chi connectivity index (χ1v) is 8.52. The van der Waals surface area contributed by atoms with Crippen LogP contribution in [0.25, 0.3) is 5.69 Å². The van der Waals surface area contributed by atoms with Crippen LogP contribution in [-0.4, -0.2) is 15.7 Å². The molecule has 1 N–H and O–H groups in total. The van der Waals surface area contributed by atoms with Crippen molar-refractivity contribution in [1.82, 2.24) is 15.1 Å². The van der Waals surface area contributed by atoms with Gasteiger partial charge in [-0.2, -0.15) is 5.10 Å². The number of hydrogen-bond acceptors (Lipinski definition) is 2. The number of rotatable bonds is 4. The number of aryl methyl sites for hydroxylation is 1. The van der Waals surface area contributed by atoms with E-state index in [4.69, 9.17) is 11.6 Å². The molecule has 1 heterocycles. The Bertz CT molecular complexity index is 917. The third-order valence-electron chi connectivity index (χ3n) is 4.32. The van der Waals surface area contributed by atoms with Crippen LogP contribution in [0.5, 0.6) is 0 Å².